The maximum absolute atomic E-state index is 12.7. The van der Waals surface area contributed by atoms with Gasteiger partial charge in [0.05, 0.1) is 16.1 Å². The number of halogens is 1. The van der Waals surface area contributed by atoms with E-state index in [9.17, 15) is 9.59 Å². The number of hydrogen-bond donors (Lipinski definition) is 0. The van der Waals surface area contributed by atoms with Gasteiger partial charge in [0, 0.05) is 6.07 Å². The molecule has 220 valence electrons. The third-order valence-electron chi connectivity index (χ3n) is 7.83. The third kappa shape index (κ3) is 10.3. The lowest BCUT2D eigenvalue weighted by molar-refractivity contribution is 0.0719. The molecular weight excluding hydrogens is 532 g/mol. The summed E-state index contributed by atoms with van der Waals surface area (Å²) in [4.78, 5) is 25.5. The van der Waals surface area contributed by atoms with E-state index in [1.807, 2.05) is 24.3 Å². The number of esters is 2. The Morgan fingerprint density at radius 1 is 0.659 bits per heavy atom. The molecule has 41 heavy (non-hydrogen) atoms. The van der Waals surface area contributed by atoms with Gasteiger partial charge in [-0.15, -0.1) is 0 Å². The number of ether oxygens (including phenoxy) is 2. The standard InChI is InChI=1S/C36H45ClO4/c1-5-9-11-26(7-3)23-28-13-17-30(18-14-28)35(38)40-32-21-22-34(33(37)25-32)41-36(39)31-19-15-29(16-20-31)24-27(8-4)12-10-6-2/h13-22,25-27H,5-12,23-24H2,1-4H3. The van der Waals surface area contributed by atoms with Gasteiger partial charge in [0.15, 0.2) is 0 Å². The molecule has 0 bridgehead atoms. The van der Waals surface area contributed by atoms with E-state index in [4.69, 9.17) is 21.1 Å². The van der Waals surface area contributed by atoms with Crippen LogP contribution in [0, 0.1) is 11.8 Å². The molecule has 0 heterocycles. The second-order valence-electron chi connectivity index (χ2n) is 11.0. The molecule has 0 radical (unpaired) electrons. The fourth-order valence-corrected chi connectivity index (χ4v) is 5.27. The Kier molecular flexibility index (Phi) is 13.4. The molecule has 0 fully saturated rings. The summed E-state index contributed by atoms with van der Waals surface area (Å²) >= 11 is 6.38. The monoisotopic (exact) mass is 576 g/mol. The molecule has 0 spiro atoms. The smallest absolute Gasteiger partial charge is 0.343 e. The van der Waals surface area contributed by atoms with Crippen LogP contribution < -0.4 is 9.47 Å². The summed E-state index contributed by atoms with van der Waals surface area (Å²) in [5.41, 5.74) is 3.38. The van der Waals surface area contributed by atoms with Crippen LogP contribution in [0.3, 0.4) is 0 Å². The zero-order valence-electron chi connectivity index (χ0n) is 25.1. The molecule has 2 atom stereocenters. The fraction of sp³-hybridized carbons (Fsp3) is 0.444. The van der Waals surface area contributed by atoms with Crippen LogP contribution in [0.25, 0.3) is 0 Å². The quantitative estimate of drug-likeness (QED) is 0.126. The largest absolute Gasteiger partial charge is 0.423 e. The van der Waals surface area contributed by atoms with E-state index >= 15 is 0 Å². The maximum atomic E-state index is 12.7. The average molecular weight is 577 g/mol. The first-order chi connectivity index (χ1) is 19.9. The number of rotatable bonds is 16. The summed E-state index contributed by atoms with van der Waals surface area (Å²) < 4.78 is 11.1. The van der Waals surface area contributed by atoms with Gasteiger partial charge in [-0.1, -0.05) is 115 Å². The Labute approximate surface area is 251 Å². The first kappa shape index (κ1) is 32.4. The van der Waals surface area contributed by atoms with Crippen molar-refractivity contribution in [3.05, 3.63) is 94.0 Å². The Morgan fingerprint density at radius 3 is 1.54 bits per heavy atom. The highest BCUT2D eigenvalue weighted by Gasteiger charge is 2.15. The predicted molar refractivity (Wildman–Crippen MR) is 168 cm³/mol. The van der Waals surface area contributed by atoms with Crippen LogP contribution in [0.2, 0.25) is 5.02 Å². The Morgan fingerprint density at radius 2 is 1.12 bits per heavy atom. The van der Waals surface area contributed by atoms with Crippen LogP contribution in [0.4, 0.5) is 0 Å². The predicted octanol–water partition coefficient (Wildman–Crippen LogP) is 10.3. The SMILES string of the molecule is CCCCC(CC)Cc1ccc(C(=O)Oc2ccc(OC(=O)c3ccc(CC(CC)CCCC)cc3)c(Cl)c2)cc1. The lowest BCUT2D eigenvalue weighted by Crippen LogP contribution is -2.10. The van der Waals surface area contributed by atoms with Crippen molar-refractivity contribution in [1.29, 1.82) is 0 Å². The van der Waals surface area contributed by atoms with Crippen LogP contribution in [0.1, 0.15) is 111 Å². The van der Waals surface area contributed by atoms with E-state index < -0.39 is 11.9 Å². The van der Waals surface area contributed by atoms with Crippen LogP contribution in [0.15, 0.2) is 66.7 Å². The minimum Gasteiger partial charge on any atom is -0.423 e. The summed E-state index contributed by atoms with van der Waals surface area (Å²) in [6, 6.07) is 19.8. The number of hydrogen-bond acceptors (Lipinski definition) is 4. The number of carbonyl (C=O) groups is 2. The lowest BCUT2D eigenvalue weighted by atomic mass is 9.92. The van der Waals surface area contributed by atoms with Crippen LogP contribution in [0.5, 0.6) is 11.5 Å². The zero-order chi connectivity index (χ0) is 29.6. The van der Waals surface area contributed by atoms with E-state index in [0.717, 1.165) is 25.7 Å². The van der Waals surface area contributed by atoms with Crippen molar-refractivity contribution in [2.45, 2.75) is 91.9 Å². The van der Waals surface area contributed by atoms with Gasteiger partial charge in [0.2, 0.25) is 0 Å². The summed E-state index contributed by atoms with van der Waals surface area (Å²) in [7, 11) is 0. The highest BCUT2D eigenvalue weighted by atomic mass is 35.5. The lowest BCUT2D eigenvalue weighted by Gasteiger charge is -2.15. The van der Waals surface area contributed by atoms with Crippen molar-refractivity contribution >= 4 is 23.5 Å². The summed E-state index contributed by atoms with van der Waals surface area (Å²) in [5.74, 6) is 0.872. The Hall–Kier alpha value is -3.11. The first-order valence-electron chi connectivity index (χ1n) is 15.3. The average Bonchev–Trinajstić information content (AvgIpc) is 2.99. The molecule has 0 amide bonds. The van der Waals surface area contributed by atoms with Crippen LogP contribution in [-0.2, 0) is 12.8 Å². The van der Waals surface area contributed by atoms with Crippen molar-refractivity contribution < 1.29 is 19.1 Å². The molecule has 5 heteroatoms. The molecule has 0 saturated heterocycles. The van der Waals surface area contributed by atoms with Crippen LogP contribution >= 0.6 is 11.6 Å². The second kappa shape index (κ2) is 17.0. The Balaban J connectivity index is 1.55. The van der Waals surface area contributed by atoms with Crippen molar-refractivity contribution in [3.63, 3.8) is 0 Å². The number of carbonyl (C=O) groups excluding carboxylic acids is 2. The fourth-order valence-electron chi connectivity index (χ4n) is 5.06. The topological polar surface area (TPSA) is 52.6 Å². The highest BCUT2D eigenvalue weighted by Crippen LogP contribution is 2.30. The van der Waals surface area contributed by atoms with Gasteiger partial charge in [0.25, 0.3) is 0 Å². The minimum atomic E-state index is -0.485. The van der Waals surface area contributed by atoms with Gasteiger partial charge < -0.3 is 9.47 Å². The van der Waals surface area contributed by atoms with E-state index in [-0.39, 0.29) is 16.5 Å². The molecular formula is C36H45ClO4. The van der Waals surface area contributed by atoms with E-state index in [1.54, 1.807) is 36.4 Å². The van der Waals surface area contributed by atoms with E-state index in [2.05, 4.69) is 27.7 Å². The van der Waals surface area contributed by atoms with Crippen molar-refractivity contribution in [2.75, 3.05) is 0 Å². The van der Waals surface area contributed by atoms with Crippen molar-refractivity contribution in [1.82, 2.24) is 0 Å². The summed E-state index contributed by atoms with van der Waals surface area (Å²) in [5, 5.41) is 0.190. The van der Waals surface area contributed by atoms with Crippen molar-refractivity contribution in [3.8, 4) is 11.5 Å². The molecule has 3 aromatic rings. The van der Waals surface area contributed by atoms with Gasteiger partial charge in [-0.3, -0.25) is 0 Å². The minimum absolute atomic E-state index is 0.190. The highest BCUT2D eigenvalue weighted by molar-refractivity contribution is 6.32. The summed E-state index contributed by atoms with van der Waals surface area (Å²) in [6.45, 7) is 8.90. The molecule has 4 nitrogen and oxygen atoms in total. The van der Waals surface area contributed by atoms with Gasteiger partial charge in [-0.25, -0.2) is 9.59 Å². The Bertz CT molecular complexity index is 1230. The van der Waals surface area contributed by atoms with E-state index in [1.165, 1.54) is 55.7 Å². The molecule has 2 unspecified atom stereocenters. The van der Waals surface area contributed by atoms with E-state index in [0.29, 0.717) is 23.0 Å². The van der Waals surface area contributed by atoms with Gasteiger partial charge in [0.1, 0.15) is 11.5 Å². The molecule has 3 aromatic carbocycles. The molecule has 0 aliphatic carbocycles. The molecule has 0 N–H and O–H groups in total. The van der Waals surface area contributed by atoms with Gasteiger partial charge >= 0.3 is 11.9 Å². The molecule has 3 rings (SSSR count). The first-order valence-corrected chi connectivity index (χ1v) is 15.7. The molecule has 0 saturated carbocycles. The molecule has 0 aliphatic heterocycles. The van der Waals surface area contributed by atoms with Gasteiger partial charge in [-0.05, 0) is 72.2 Å². The van der Waals surface area contributed by atoms with Crippen molar-refractivity contribution in [2.24, 2.45) is 11.8 Å². The summed E-state index contributed by atoms with van der Waals surface area (Å²) in [6.07, 6.45) is 11.7. The molecule has 0 aromatic heterocycles. The van der Waals surface area contributed by atoms with Crippen LogP contribution in [-0.4, -0.2) is 11.9 Å². The molecule has 0 aliphatic rings. The maximum Gasteiger partial charge on any atom is 0.343 e. The third-order valence-corrected chi connectivity index (χ3v) is 8.13. The van der Waals surface area contributed by atoms with Gasteiger partial charge in [-0.2, -0.15) is 0 Å². The second-order valence-corrected chi connectivity index (χ2v) is 11.4. The zero-order valence-corrected chi connectivity index (χ0v) is 25.8. The number of unbranched alkanes of at least 4 members (excludes halogenated alkanes) is 2. The normalized spacial score (nSPS) is 12.5. The number of benzene rings is 3.